The molecular formula is C22H29F2N5O4. The lowest BCUT2D eigenvalue weighted by atomic mass is 10.1. The molecule has 4 rings (SSSR count). The van der Waals surface area contributed by atoms with Gasteiger partial charge in [-0.25, -0.2) is 8.78 Å². The lowest BCUT2D eigenvalue weighted by molar-refractivity contribution is -0.149. The number of nitrogens with zero attached hydrogens (tertiary/aromatic N) is 5. The zero-order chi connectivity index (χ0) is 23.5. The van der Waals surface area contributed by atoms with Gasteiger partial charge in [0.2, 0.25) is 0 Å². The molecule has 0 N–H and O–H groups in total. The van der Waals surface area contributed by atoms with Gasteiger partial charge in [-0.1, -0.05) is 0 Å². The minimum absolute atomic E-state index is 0.0521. The Morgan fingerprint density at radius 3 is 2.76 bits per heavy atom. The van der Waals surface area contributed by atoms with Crippen molar-refractivity contribution in [3.8, 4) is 0 Å². The van der Waals surface area contributed by atoms with E-state index in [1.165, 1.54) is 17.9 Å². The maximum absolute atomic E-state index is 13.4. The summed E-state index contributed by atoms with van der Waals surface area (Å²) in [5.74, 6) is -0.220. The summed E-state index contributed by atoms with van der Waals surface area (Å²) >= 11 is 0. The maximum Gasteiger partial charge on any atom is 0.311 e. The summed E-state index contributed by atoms with van der Waals surface area (Å²) in [6, 6.07) is 3.65. The van der Waals surface area contributed by atoms with Crippen molar-refractivity contribution >= 4 is 11.9 Å². The van der Waals surface area contributed by atoms with Crippen LogP contribution in [-0.2, 0) is 23.1 Å². The van der Waals surface area contributed by atoms with Crippen molar-refractivity contribution in [3.63, 3.8) is 0 Å². The summed E-state index contributed by atoms with van der Waals surface area (Å²) in [6.07, 6.45) is 0.139. The molecule has 0 spiro atoms. The van der Waals surface area contributed by atoms with Crippen LogP contribution in [0.5, 0.6) is 0 Å². The molecule has 33 heavy (non-hydrogen) atoms. The SMILES string of the molecule is CCOC(=O)[C@@H]1CN(Cc2ccco2)C[C@H]2CN(C(=O)c3cn(C)nc3C(F)F)CCN2C1. The molecule has 2 atom stereocenters. The molecule has 0 radical (unpaired) electrons. The summed E-state index contributed by atoms with van der Waals surface area (Å²) in [6.45, 7) is 5.58. The van der Waals surface area contributed by atoms with Gasteiger partial charge in [-0.2, -0.15) is 5.10 Å². The number of fused-ring (bicyclic) bond motifs is 1. The molecule has 2 aromatic heterocycles. The molecule has 1 amide bonds. The average molecular weight is 466 g/mol. The van der Waals surface area contributed by atoms with E-state index in [-0.39, 0.29) is 23.5 Å². The fraction of sp³-hybridized carbons (Fsp3) is 0.591. The number of furan rings is 1. The number of esters is 1. The first-order valence-electron chi connectivity index (χ1n) is 11.1. The van der Waals surface area contributed by atoms with Crippen molar-refractivity contribution in [1.29, 1.82) is 0 Å². The van der Waals surface area contributed by atoms with Crippen LogP contribution in [0.4, 0.5) is 8.78 Å². The van der Waals surface area contributed by atoms with E-state index in [2.05, 4.69) is 14.9 Å². The van der Waals surface area contributed by atoms with E-state index in [0.29, 0.717) is 52.4 Å². The van der Waals surface area contributed by atoms with Crippen molar-refractivity contribution in [2.75, 3.05) is 45.9 Å². The Labute approximate surface area is 190 Å². The summed E-state index contributed by atoms with van der Waals surface area (Å²) in [4.78, 5) is 31.6. The van der Waals surface area contributed by atoms with Crippen LogP contribution in [-0.4, -0.2) is 88.3 Å². The van der Waals surface area contributed by atoms with Gasteiger partial charge in [0, 0.05) is 58.6 Å². The smallest absolute Gasteiger partial charge is 0.311 e. The zero-order valence-electron chi connectivity index (χ0n) is 18.8. The second-order valence-corrected chi connectivity index (χ2v) is 8.52. The third kappa shape index (κ3) is 5.25. The van der Waals surface area contributed by atoms with Gasteiger partial charge in [0.05, 0.1) is 30.9 Å². The highest BCUT2D eigenvalue weighted by atomic mass is 19.3. The maximum atomic E-state index is 13.4. The molecule has 2 aliphatic rings. The number of alkyl halides is 2. The molecule has 180 valence electrons. The number of halogens is 2. The molecule has 2 aromatic rings. The number of amides is 1. The van der Waals surface area contributed by atoms with Crippen LogP contribution in [0.25, 0.3) is 0 Å². The fourth-order valence-corrected chi connectivity index (χ4v) is 4.68. The Morgan fingerprint density at radius 1 is 1.24 bits per heavy atom. The van der Waals surface area contributed by atoms with Crippen LogP contribution >= 0.6 is 0 Å². The van der Waals surface area contributed by atoms with Crippen molar-refractivity contribution in [2.24, 2.45) is 13.0 Å². The highest BCUT2D eigenvalue weighted by Gasteiger charge is 2.39. The highest BCUT2D eigenvalue weighted by molar-refractivity contribution is 5.95. The minimum atomic E-state index is -2.82. The second-order valence-electron chi connectivity index (χ2n) is 8.52. The summed E-state index contributed by atoms with van der Waals surface area (Å²) < 4.78 is 38.8. The standard InChI is InChI=1S/C22H29F2N5O4/c1-3-32-22(31)15-9-27(13-17-5-4-8-33-17)11-16-12-29(7-6-28(16)10-15)21(30)18-14-26(2)25-19(18)20(23)24/h4-5,8,14-16,20H,3,6-7,9-13H2,1-2H3/t15-,16+/m1/s1. The van der Waals surface area contributed by atoms with Gasteiger partial charge in [-0.3, -0.25) is 24.1 Å². The summed E-state index contributed by atoms with van der Waals surface area (Å²) in [7, 11) is 1.52. The first kappa shape index (κ1) is 23.4. The molecule has 9 nitrogen and oxygen atoms in total. The van der Waals surface area contributed by atoms with Crippen LogP contribution in [0.15, 0.2) is 29.0 Å². The Morgan fingerprint density at radius 2 is 2.06 bits per heavy atom. The van der Waals surface area contributed by atoms with Crippen LogP contribution in [0.2, 0.25) is 0 Å². The van der Waals surface area contributed by atoms with Gasteiger partial charge < -0.3 is 14.1 Å². The van der Waals surface area contributed by atoms with Crippen LogP contribution in [0, 0.1) is 5.92 Å². The molecular weight excluding hydrogens is 436 g/mol. The quantitative estimate of drug-likeness (QED) is 0.602. The Kier molecular flexibility index (Phi) is 7.08. The van der Waals surface area contributed by atoms with Crippen molar-refractivity contribution < 1.29 is 27.5 Å². The number of carbonyl (C=O) groups excluding carboxylic acids is 2. The normalized spacial score (nSPS) is 22.3. The average Bonchev–Trinajstić information content (AvgIpc) is 3.39. The molecule has 11 heteroatoms. The van der Waals surface area contributed by atoms with E-state index in [4.69, 9.17) is 9.15 Å². The van der Waals surface area contributed by atoms with E-state index < -0.39 is 18.0 Å². The molecule has 0 aliphatic carbocycles. The zero-order valence-corrected chi connectivity index (χ0v) is 18.8. The van der Waals surface area contributed by atoms with E-state index in [1.54, 1.807) is 18.1 Å². The van der Waals surface area contributed by atoms with E-state index in [1.807, 2.05) is 12.1 Å². The van der Waals surface area contributed by atoms with Gasteiger partial charge in [-0.15, -0.1) is 0 Å². The van der Waals surface area contributed by atoms with Gasteiger partial charge in [0.25, 0.3) is 12.3 Å². The molecule has 0 aromatic carbocycles. The van der Waals surface area contributed by atoms with Crippen molar-refractivity contribution in [3.05, 3.63) is 41.6 Å². The number of hydrogen-bond donors (Lipinski definition) is 0. The van der Waals surface area contributed by atoms with Gasteiger partial charge in [0.15, 0.2) is 0 Å². The van der Waals surface area contributed by atoms with Crippen molar-refractivity contribution in [2.45, 2.75) is 25.9 Å². The highest BCUT2D eigenvalue weighted by Crippen LogP contribution is 2.25. The number of ether oxygens (including phenoxy) is 1. The van der Waals surface area contributed by atoms with Crippen molar-refractivity contribution in [1.82, 2.24) is 24.5 Å². The molecule has 4 heterocycles. The topological polar surface area (TPSA) is 84.0 Å². The van der Waals surface area contributed by atoms with E-state index in [9.17, 15) is 18.4 Å². The number of rotatable bonds is 6. The third-order valence-electron chi connectivity index (χ3n) is 6.17. The van der Waals surface area contributed by atoms with Crippen LogP contribution in [0.3, 0.4) is 0 Å². The second kappa shape index (κ2) is 10.0. The Hall–Kier alpha value is -2.79. The molecule has 2 saturated heterocycles. The molecule has 0 saturated carbocycles. The summed E-state index contributed by atoms with van der Waals surface area (Å²) in [5, 5.41) is 3.76. The third-order valence-corrected chi connectivity index (χ3v) is 6.17. The van der Waals surface area contributed by atoms with E-state index >= 15 is 0 Å². The number of aromatic nitrogens is 2. The number of aryl methyl sites for hydroxylation is 1. The number of carbonyl (C=O) groups is 2. The van der Waals surface area contributed by atoms with Gasteiger partial charge in [-0.05, 0) is 19.1 Å². The van der Waals surface area contributed by atoms with Crippen LogP contribution < -0.4 is 0 Å². The molecule has 0 bridgehead atoms. The first-order chi connectivity index (χ1) is 15.9. The molecule has 2 aliphatic heterocycles. The minimum Gasteiger partial charge on any atom is -0.468 e. The Bertz CT molecular complexity index is 964. The fourth-order valence-electron chi connectivity index (χ4n) is 4.68. The molecule has 2 fully saturated rings. The van der Waals surface area contributed by atoms with Gasteiger partial charge in [0.1, 0.15) is 11.5 Å². The predicted molar refractivity (Wildman–Crippen MR) is 114 cm³/mol. The molecule has 0 unspecified atom stereocenters. The van der Waals surface area contributed by atoms with E-state index in [0.717, 1.165) is 5.76 Å². The number of hydrogen-bond acceptors (Lipinski definition) is 7. The number of piperazine rings is 1. The largest absolute Gasteiger partial charge is 0.468 e. The first-order valence-corrected chi connectivity index (χ1v) is 11.1. The lowest BCUT2D eigenvalue weighted by Crippen LogP contribution is -2.57. The lowest BCUT2D eigenvalue weighted by Gasteiger charge is -2.41. The van der Waals surface area contributed by atoms with Gasteiger partial charge >= 0.3 is 5.97 Å². The summed E-state index contributed by atoms with van der Waals surface area (Å²) in [5.41, 5.74) is -0.556. The van der Waals surface area contributed by atoms with Crippen LogP contribution in [0.1, 0.15) is 35.2 Å². The Balaban J connectivity index is 1.52. The predicted octanol–water partition coefficient (Wildman–Crippen LogP) is 1.77. The monoisotopic (exact) mass is 465 g/mol.